The summed E-state index contributed by atoms with van der Waals surface area (Å²) in [5.74, 6) is -0.703. The zero-order chi connectivity index (χ0) is 28.2. The largest absolute Gasteiger partial charge is 0.497 e. The molecule has 0 bridgehead atoms. The van der Waals surface area contributed by atoms with E-state index in [9.17, 15) is 14.4 Å². The van der Waals surface area contributed by atoms with Gasteiger partial charge in [-0.15, -0.1) is 0 Å². The highest BCUT2D eigenvalue weighted by molar-refractivity contribution is 9.10. The summed E-state index contributed by atoms with van der Waals surface area (Å²) in [7, 11) is 1.54. The Labute approximate surface area is 248 Å². The van der Waals surface area contributed by atoms with E-state index in [1.165, 1.54) is 0 Å². The number of nitrogens with one attached hydrogen (secondary N) is 2. The maximum Gasteiger partial charge on any atom is 0.283 e. The smallest absolute Gasteiger partial charge is 0.283 e. The van der Waals surface area contributed by atoms with Crippen molar-refractivity contribution in [3.05, 3.63) is 123 Å². The molecule has 2 N–H and O–H groups in total. The first-order valence-corrected chi connectivity index (χ1v) is 14.0. The van der Waals surface area contributed by atoms with Crippen LogP contribution in [0.5, 0.6) is 5.75 Å². The number of hydrogen-bond acceptors (Lipinski definition) is 6. The van der Waals surface area contributed by atoms with Crippen molar-refractivity contribution in [2.45, 2.75) is 4.90 Å². The Morgan fingerprint density at radius 2 is 1.60 bits per heavy atom. The monoisotopic (exact) mass is 633 g/mol. The summed E-state index contributed by atoms with van der Waals surface area (Å²) < 4.78 is 6.09. The zero-order valence-corrected chi connectivity index (χ0v) is 24.1. The Hall–Kier alpha value is -4.05. The average Bonchev–Trinajstić information content (AvgIpc) is 3.18. The number of carbonyl (C=O) groups is 3. The predicted molar refractivity (Wildman–Crippen MR) is 162 cm³/mol. The Morgan fingerprint density at radius 3 is 2.30 bits per heavy atom. The van der Waals surface area contributed by atoms with Crippen molar-refractivity contribution in [2.75, 3.05) is 22.6 Å². The number of rotatable bonds is 8. The highest BCUT2D eigenvalue weighted by Crippen LogP contribution is 2.39. The van der Waals surface area contributed by atoms with Crippen molar-refractivity contribution in [1.82, 2.24) is 0 Å². The van der Waals surface area contributed by atoms with Crippen LogP contribution in [0.15, 0.2) is 117 Å². The van der Waals surface area contributed by atoms with Crippen LogP contribution in [0.4, 0.5) is 17.1 Å². The molecule has 0 aliphatic carbocycles. The molecule has 0 unspecified atom stereocenters. The fourth-order valence-corrected chi connectivity index (χ4v) is 5.43. The first kappa shape index (κ1) is 27.5. The van der Waals surface area contributed by atoms with Gasteiger partial charge in [0.05, 0.1) is 23.4 Å². The first-order chi connectivity index (χ1) is 19.3. The number of amides is 3. The number of imide groups is 1. The molecule has 7 nitrogen and oxygen atoms in total. The van der Waals surface area contributed by atoms with Crippen LogP contribution in [0.2, 0.25) is 5.02 Å². The molecule has 1 heterocycles. The van der Waals surface area contributed by atoms with Crippen molar-refractivity contribution in [3.8, 4) is 5.75 Å². The van der Waals surface area contributed by atoms with Gasteiger partial charge in [-0.3, -0.25) is 14.4 Å². The van der Waals surface area contributed by atoms with E-state index < -0.39 is 11.8 Å². The third kappa shape index (κ3) is 5.91. The molecule has 0 spiro atoms. The van der Waals surface area contributed by atoms with Crippen LogP contribution in [0, 0.1) is 0 Å². The van der Waals surface area contributed by atoms with Gasteiger partial charge in [-0.1, -0.05) is 57.5 Å². The standard InChI is InChI=1S/C30H21BrClN3O4S/c1-39-22-15-13-21(14-16-22)35-29(37)26(33-19-11-9-18(31)10-12-19)27(30(35)38)40-23-6-4-5-20(17-23)34-28(36)24-7-2-3-8-25(24)32/h2-17,33H,1H3,(H,34,36). The molecule has 0 fully saturated rings. The Kier molecular flexibility index (Phi) is 8.25. The van der Waals surface area contributed by atoms with Gasteiger partial charge in [-0.25, -0.2) is 4.90 Å². The molecule has 0 aromatic heterocycles. The van der Waals surface area contributed by atoms with Gasteiger partial charge < -0.3 is 15.4 Å². The molecular weight excluding hydrogens is 614 g/mol. The lowest BCUT2D eigenvalue weighted by Gasteiger charge is -2.15. The van der Waals surface area contributed by atoms with Crippen LogP contribution >= 0.6 is 39.3 Å². The minimum atomic E-state index is -0.483. The van der Waals surface area contributed by atoms with Crippen LogP contribution in [-0.4, -0.2) is 24.8 Å². The lowest BCUT2D eigenvalue weighted by atomic mass is 10.2. The molecule has 40 heavy (non-hydrogen) atoms. The molecule has 4 aromatic rings. The summed E-state index contributed by atoms with van der Waals surface area (Å²) in [6, 6.07) is 27.8. The summed E-state index contributed by atoms with van der Waals surface area (Å²) in [5.41, 5.74) is 2.08. The van der Waals surface area contributed by atoms with Gasteiger partial charge in [0.2, 0.25) is 0 Å². The normalized spacial score (nSPS) is 13.0. The number of nitrogens with zero attached hydrogens (tertiary/aromatic N) is 1. The third-order valence-corrected chi connectivity index (χ3v) is 7.85. The maximum absolute atomic E-state index is 13.7. The molecule has 0 atom stereocenters. The van der Waals surface area contributed by atoms with E-state index in [0.29, 0.717) is 38.3 Å². The number of carbonyl (C=O) groups excluding carboxylic acids is 3. The Balaban J connectivity index is 1.45. The molecule has 10 heteroatoms. The second kappa shape index (κ2) is 12.0. The molecule has 5 rings (SSSR count). The van der Waals surface area contributed by atoms with Crippen LogP contribution < -0.4 is 20.3 Å². The second-order valence-electron chi connectivity index (χ2n) is 8.54. The van der Waals surface area contributed by atoms with Gasteiger partial charge in [0.25, 0.3) is 17.7 Å². The van der Waals surface area contributed by atoms with Crippen LogP contribution in [0.3, 0.4) is 0 Å². The average molecular weight is 635 g/mol. The van der Waals surface area contributed by atoms with E-state index in [0.717, 1.165) is 21.1 Å². The summed E-state index contributed by atoms with van der Waals surface area (Å²) >= 11 is 10.7. The van der Waals surface area contributed by atoms with E-state index in [2.05, 4.69) is 26.6 Å². The molecule has 200 valence electrons. The predicted octanol–water partition coefficient (Wildman–Crippen LogP) is 7.35. The maximum atomic E-state index is 13.7. The highest BCUT2D eigenvalue weighted by Gasteiger charge is 2.40. The summed E-state index contributed by atoms with van der Waals surface area (Å²) in [6.45, 7) is 0. The summed E-state index contributed by atoms with van der Waals surface area (Å²) in [5, 5.41) is 6.31. The molecule has 0 saturated carbocycles. The van der Waals surface area contributed by atoms with Crippen LogP contribution in [0.1, 0.15) is 10.4 Å². The molecule has 1 aliphatic rings. The van der Waals surface area contributed by atoms with Gasteiger partial charge in [0.15, 0.2) is 0 Å². The summed E-state index contributed by atoms with van der Waals surface area (Å²) in [6.07, 6.45) is 0. The van der Waals surface area contributed by atoms with E-state index in [1.54, 1.807) is 92.0 Å². The number of ether oxygens (including phenoxy) is 1. The minimum Gasteiger partial charge on any atom is -0.497 e. The molecule has 0 radical (unpaired) electrons. The molecule has 0 saturated heterocycles. The molecule has 4 aromatic carbocycles. The fourth-order valence-electron chi connectivity index (χ4n) is 3.96. The van der Waals surface area contributed by atoms with Crippen molar-refractivity contribution >= 4 is 74.1 Å². The van der Waals surface area contributed by atoms with Crippen molar-refractivity contribution < 1.29 is 19.1 Å². The topological polar surface area (TPSA) is 87.7 Å². The number of halogens is 2. The Morgan fingerprint density at radius 1 is 0.875 bits per heavy atom. The SMILES string of the molecule is COc1ccc(N2C(=O)C(Nc3ccc(Br)cc3)=C(Sc3cccc(NC(=O)c4ccccc4Cl)c3)C2=O)cc1. The highest BCUT2D eigenvalue weighted by atomic mass is 79.9. The quantitative estimate of drug-likeness (QED) is 0.197. The lowest BCUT2D eigenvalue weighted by Crippen LogP contribution is -2.32. The van der Waals surface area contributed by atoms with Gasteiger partial charge in [0, 0.05) is 20.7 Å². The lowest BCUT2D eigenvalue weighted by molar-refractivity contribution is -0.120. The van der Waals surface area contributed by atoms with Crippen LogP contribution in [-0.2, 0) is 9.59 Å². The van der Waals surface area contributed by atoms with E-state index in [4.69, 9.17) is 16.3 Å². The minimum absolute atomic E-state index is 0.152. The number of methoxy groups -OCH3 is 1. The fraction of sp³-hybridized carbons (Fsp3) is 0.0333. The number of benzene rings is 4. The van der Waals surface area contributed by atoms with Gasteiger partial charge in [-0.2, -0.15) is 0 Å². The van der Waals surface area contributed by atoms with E-state index in [1.807, 2.05) is 12.1 Å². The third-order valence-electron chi connectivity index (χ3n) is 5.92. The van der Waals surface area contributed by atoms with Gasteiger partial charge >= 0.3 is 0 Å². The van der Waals surface area contributed by atoms with Gasteiger partial charge in [-0.05, 0) is 78.9 Å². The van der Waals surface area contributed by atoms with Crippen molar-refractivity contribution in [2.24, 2.45) is 0 Å². The van der Waals surface area contributed by atoms with Crippen molar-refractivity contribution in [3.63, 3.8) is 0 Å². The Bertz CT molecular complexity index is 1640. The van der Waals surface area contributed by atoms with Crippen LogP contribution in [0.25, 0.3) is 0 Å². The number of anilines is 3. The number of hydrogen-bond donors (Lipinski definition) is 2. The van der Waals surface area contributed by atoms with E-state index >= 15 is 0 Å². The van der Waals surface area contributed by atoms with E-state index in [-0.39, 0.29) is 16.5 Å². The first-order valence-electron chi connectivity index (χ1n) is 12.0. The molecule has 3 amide bonds. The molecular formula is C30H21BrClN3O4S. The number of thioether (sulfide) groups is 1. The van der Waals surface area contributed by atoms with Crippen molar-refractivity contribution in [1.29, 1.82) is 0 Å². The van der Waals surface area contributed by atoms with Gasteiger partial charge in [0.1, 0.15) is 16.4 Å². The summed E-state index contributed by atoms with van der Waals surface area (Å²) in [4.78, 5) is 42.1. The molecule has 1 aliphatic heterocycles. The zero-order valence-electron chi connectivity index (χ0n) is 21.0. The second-order valence-corrected chi connectivity index (χ2v) is 11.0.